The highest BCUT2D eigenvalue weighted by Gasteiger charge is 2.22. The van der Waals surface area contributed by atoms with Crippen molar-refractivity contribution in [2.75, 3.05) is 18.2 Å². The third kappa shape index (κ3) is 3.36. The Morgan fingerprint density at radius 2 is 2.09 bits per heavy atom. The van der Waals surface area contributed by atoms with Crippen molar-refractivity contribution in [1.29, 1.82) is 0 Å². The predicted molar refractivity (Wildman–Crippen MR) is 89.7 cm³/mol. The Labute approximate surface area is 134 Å². The van der Waals surface area contributed by atoms with Crippen LogP contribution in [-0.2, 0) is 0 Å². The van der Waals surface area contributed by atoms with Gasteiger partial charge >= 0.3 is 6.03 Å². The van der Waals surface area contributed by atoms with Crippen LogP contribution in [0.1, 0.15) is 18.0 Å². The molecule has 1 aliphatic heterocycles. The molecular formula is C17H18N2O2S. The van der Waals surface area contributed by atoms with E-state index in [9.17, 15) is 4.79 Å². The summed E-state index contributed by atoms with van der Waals surface area (Å²) in [5.74, 6) is 0.850. The molecule has 1 atom stereocenters. The lowest BCUT2D eigenvalue weighted by Crippen LogP contribution is -2.35. The molecule has 0 aromatic heterocycles. The van der Waals surface area contributed by atoms with E-state index in [2.05, 4.69) is 10.6 Å². The molecule has 0 saturated carbocycles. The number of ether oxygens (including phenoxy) is 1. The summed E-state index contributed by atoms with van der Waals surface area (Å²) in [5, 5.41) is 5.91. The second kappa shape index (κ2) is 6.75. The number of thioether (sulfide) groups is 1. The number of urea groups is 1. The molecule has 1 unspecified atom stereocenters. The summed E-state index contributed by atoms with van der Waals surface area (Å²) in [6.45, 7) is 0.615. The highest BCUT2D eigenvalue weighted by Crippen LogP contribution is 2.31. The Kier molecular flexibility index (Phi) is 4.53. The van der Waals surface area contributed by atoms with Crippen LogP contribution in [0.5, 0.6) is 5.75 Å². The van der Waals surface area contributed by atoms with E-state index in [1.807, 2.05) is 54.8 Å². The van der Waals surface area contributed by atoms with Crippen LogP contribution in [0.3, 0.4) is 0 Å². The number of carbonyl (C=O) groups excluding carboxylic acids is 1. The SMILES string of the molecule is CSc1cccc(NC(=O)NC2CCOc3ccccc32)c1. The first-order valence-electron chi connectivity index (χ1n) is 7.19. The maximum Gasteiger partial charge on any atom is 0.319 e. The normalized spacial score (nSPS) is 16.3. The van der Waals surface area contributed by atoms with Gasteiger partial charge in [0.1, 0.15) is 5.75 Å². The van der Waals surface area contributed by atoms with Crippen LogP contribution in [0.25, 0.3) is 0 Å². The molecule has 114 valence electrons. The highest BCUT2D eigenvalue weighted by atomic mass is 32.2. The van der Waals surface area contributed by atoms with Gasteiger partial charge in [-0.25, -0.2) is 4.79 Å². The van der Waals surface area contributed by atoms with Crippen molar-refractivity contribution in [3.63, 3.8) is 0 Å². The van der Waals surface area contributed by atoms with Crippen LogP contribution in [0, 0.1) is 0 Å². The minimum Gasteiger partial charge on any atom is -0.493 e. The quantitative estimate of drug-likeness (QED) is 0.840. The average Bonchev–Trinajstić information content (AvgIpc) is 2.55. The number of amides is 2. The third-order valence-electron chi connectivity index (χ3n) is 3.59. The average molecular weight is 314 g/mol. The van der Waals surface area contributed by atoms with E-state index in [1.165, 1.54) is 0 Å². The molecule has 1 aliphatic rings. The minimum atomic E-state index is -0.194. The topological polar surface area (TPSA) is 50.4 Å². The number of hydrogen-bond acceptors (Lipinski definition) is 3. The summed E-state index contributed by atoms with van der Waals surface area (Å²) in [4.78, 5) is 13.3. The molecule has 4 nitrogen and oxygen atoms in total. The lowest BCUT2D eigenvalue weighted by atomic mass is 10.0. The van der Waals surface area contributed by atoms with Gasteiger partial charge in [-0.1, -0.05) is 24.3 Å². The lowest BCUT2D eigenvalue weighted by molar-refractivity contribution is 0.232. The van der Waals surface area contributed by atoms with Gasteiger partial charge < -0.3 is 15.4 Å². The number of benzene rings is 2. The molecule has 0 aliphatic carbocycles. The van der Waals surface area contributed by atoms with E-state index >= 15 is 0 Å². The van der Waals surface area contributed by atoms with Crippen LogP contribution in [0.15, 0.2) is 53.4 Å². The molecule has 1 heterocycles. The number of nitrogens with one attached hydrogen (secondary N) is 2. The second-order valence-corrected chi connectivity index (χ2v) is 5.94. The van der Waals surface area contributed by atoms with Crippen LogP contribution >= 0.6 is 11.8 Å². The Bertz CT molecular complexity index is 675. The zero-order chi connectivity index (χ0) is 15.4. The van der Waals surface area contributed by atoms with Gasteiger partial charge in [0, 0.05) is 22.6 Å². The molecule has 0 radical (unpaired) electrons. The number of rotatable bonds is 3. The zero-order valence-electron chi connectivity index (χ0n) is 12.3. The summed E-state index contributed by atoms with van der Waals surface area (Å²) in [5.41, 5.74) is 1.83. The summed E-state index contributed by atoms with van der Waals surface area (Å²) in [6, 6.07) is 15.4. The highest BCUT2D eigenvalue weighted by molar-refractivity contribution is 7.98. The van der Waals surface area contributed by atoms with Gasteiger partial charge in [-0.2, -0.15) is 0 Å². The largest absolute Gasteiger partial charge is 0.493 e. The Morgan fingerprint density at radius 1 is 1.23 bits per heavy atom. The maximum absolute atomic E-state index is 12.2. The van der Waals surface area contributed by atoms with E-state index in [0.29, 0.717) is 6.61 Å². The predicted octanol–water partition coefficient (Wildman–Crippen LogP) is 4.05. The summed E-state index contributed by atoms with van der Waals surface area (Å²) in [7, 11) is 0. The van der Waals surface area contributed by atoms with Crippen molar-refractivity contribution in [1.82, 2.24) is 5.32 Å². The smallest absolute Gasteiger partial charge is 0.319 e. The van der Waals surface area contributed by atoms with Crippen molar-refractivity contribution < 1.29 is 9.53 Å². The standard InChI is InChI=1S/C17H18N2O2S/c1-22-13-6-4-5-12(11-13)18-17(20)19-15-9-10-21-16-8-3-2-7-14(15)16/h2-8,11,15H,9-10H2,1H3,(H2,18,19,20). The summed E-state index contributed by atoms with van der Waals surface area (Å²) < 4.78 is 5.61. The van der Waals surface area contributed by atoms with Crippen molar-refractivity contribution >= 4 is 23.5 Å². The molecule has 0 fully saturated rings. The molecule has 2 amide bonds. The number of hydrogen-bond donors (Lipinski definition) is 2. The van der Waals surface area contributed by atoms with Gasteiger partial charge in [0.2, 0.25) is 0 Å². The molecule has 0 spiro atoms. The van der Waals surface area contributed by atoms with Crippen molar-refractivity contribution in [3.8, 4) is 5.75 Å². The molecule has 0 saturated heterocycles. The molecule has 2 aromatic carbocycles. The first kappa shape index (κ1) is 14.8. The zero-order valence-corrected chi connectivity index (χ0v) is 13.2. The van der Waals surface area contributed by atoms with E-state index < -0.39 is 0 Å². The van der Waals surface area contributed by atoms with Gasteiger partial charge in [0.25, 0.3) is 0 Å². The lowest BCUT2D eigenvalue weighted by Gasteiger charge is -2.26. The maximum atomic E-state index is 12.2. The first-order valence-corrected chi connectivity index (χ1v) is 8.42. The molecule has 0 bridgehead atoms. The van der Waals surface area contributed by atoms with Gasteiger partial charge in [-0.3, -0.25) is 0 Å². The van der Waals surface area contributed by atoms with Crippen LogP contribution in [0.2, 0.25) is 0 Å². The molecule has 3 rings (SSSR count). The fourth-order valence-corrected chi connectivity index (χ4v) is 2.98. The fourth-order valence-electron chi connectivity index (χ4n) is 2.52. The minimum absolute atomic E-state index is 0.0197. The van der Waals surface area contributed by atoms with Crippen molar-refractivity contribution in [2.45, 2.75) is 17.4 Å². The fraction of sp³-hybridized carbons (Fsp3) is 0.235. The van der Waals surface area contributed by atoms with E-state index in [1.54, 1.807) is 11.8 Å². The molecule has 22 heavy (non-hydrogen) atoms. The Hall–Kier alpha value is -2.14. The van der Waals surface area contributed by atoms with E-state index in [0.717, 1.165) is 28.3 Å². The number of para-hydroxylation sites is 1. The summed E-state index contributed by atoms with van der Waals surface area (Å²) in [6.07, 6.45) is 2.79. The molecule has 5 heteroatoms. The second-order valence-electron chi connectivity index (χ2n) is 5.06. The van der Waals surface area contributed by atoms with Crippen molar-refractivity contribution in [3.05, 3.63) is 54.1 Å². The Balaban J connectivity index is 1.67. The van der Waals surface area contributed by atoms with Crippen molar-refractivity contribution in [2.24, 2.45) is 0 Å². The monoisotopic (exact) mass is 314 g/mol. The molecule has 2 aromatic rings. The van der Waals surface area contributed by atoms with Gasteiger partial charge in [-0.05, 0) is 30.5 Å². The van der Waals surface area contributed by atoms with Crippen LogP contribution < -0.4 is 15.4 Å². The summed E-state index contributed by atoms with van der Waals surface area (Å²) >= 11 is 1.65. The number of fused-ring (bicyclic) bond motifs is 1. The third-order valence-corrected chi connectivity index (χ3v) is 4.32. The first-order chi connectivity index (χ1) is 10.8. The number of anilines is 1. The van der Waals surface area contributed by atoms with Gasteiger partial charge in [0.05, 0.1) is 12.6 Å². The van der Waals surface area contributed by atoms with Gasteiger partial charge in [0.15, 0.2) is 0 Å². The Morgan fingerprint density at radius 3 is 2.95 bits per heavy atom. The van der Waals surface area contributed by atoms with Crippen LogP contribution in [0.4, 0.5) is 10.5 Å². The van der Waals surface area contributed by atoms with E-state index in [4.69, 9.17) is 4.74 Å². The van der Waals surface area contributed by atoms with E-state index in [-0.39, 0.29) is 12.1 Å². The molecular weight excluding hydrogens is 296 g/mol. The number of carbonyl (C=O) groups is 1. The van der Waals surface area contributed by atoms with Crippen LogP contribution in [-0.4, -0.2) is 18.9 Å². The van der Waals surface area contributed by atoms with Gasteiger partial charge in [-0.15, -0.1) is 11.8 Å². The molecule has 2 N–H and O–H groups in total.